The molecule has 16 heavy (non-hydrogen) atoms. The second kappa shape index (κ2) is 4.94. The Balaban J connectivity index is 1.80. The Labute approximate surface area is 95.1 Å². The van der Waals surface area contributed by atoms with Crippen molar-refractivity contribution >= 4 is 0 Å². The van der Waals surface area contributed by atoms with Crippen molar-refractivity contribution in [3.63, 3.8) is 0 Å². The summed E-state index contributed by atoms with van der Waals surface area (Å²) in [6.07, 6.45) is 9.37. The van der Waals surface area contributed by atoms with Crippen molar-refractivity contribution in [1.82, 2.24) is 24.4 Å². The van der Waals surface area contributed by atoms with E-state index in [0.29, 0.717) is 0 Å². The van der Waals surface area contributed by atoms with E-state index in [9.17, 15) is 0 Å². The molecule has 0 amide bonds. The Bertz CT molecular complexity index is 417. The lowest BCUT2D eigenvalue weighted by molar-refractivity contribution is 0.502. The van der Waals surface area contributed by atoms with E-state index in [2.05, 4.69) is 26.8 Å². The fourth-order valence-corrected chi connectivity index (χ4v) is 1.71. The highest BCUT2D eigenvalue weighted by molar-refractivity contribution is 4.96. The molecule has 0 aromatic carbocycles. The van der Waals surface area contributed by atoms with Crippen molar-refractivity contribution in [2.45, 2.75) is 19.5 Å². The summed E-state index contributed by atoms with van der Waals surface area (Å²) in [6.45, 7) is 3.95. The van der Waals surface area contributed by atoms with E-state index in [4.69, 9.17) is 0 Å². The number of aryl methyl sites for hydroxylation is 1. The van der Waals surface area contributed by atoms with Crippen molar-refractivity contribution in [3.8, 4) is 0 Å². The maximum absolute atomic E-state index is 4.31. The number of nitrogens with one attached hydrogen (secondary N) is 1. The average Bonchev–Trinajstić information content (AvgIpc) is 2.88. The van der Waals surface area contributed by atoms with Crippen LogP contribution in [0.4, 0.5) is 0 Å². The van der Waals surface area contributed by atoms with E-state index in [-0.39, 0.29) is 6.04 Å². The Morgan fingerprint density at radius 1 is 1.38 bits per heavy atom. The molecule has 0 aliphatic heterocycles. The molecule has 0 saturated heterocycles. The molecular formula is C11H17N5. The highest BCUT2D eigenvalue weighted by atomic mass is 15.1. The summed E-state index contributed by atoms with van der Waals surface area (Å²) in [5, 5.41) is 3.43. The third kappa shape index (κ3) is 2.49. The maximum Gasteiger partial charge on any atom is 0.125 e. The van der Waals surface area contributed by atoms with Gasteiger partial charge in [-0.05, 0) is 6.92 Å². The molecule has 1 N–H and O–H groups in total. The van der Waals surface area contributed by atoms with Crippen LogP contribution in [0.5, 0.6) is 0 Å². The van der Waals surface area contributed by atoms with Gasteiger partial charge in [0.1, 0.15) is 5.82 Å². The first-order valence-electron chi connectivity index (χ1n) is 5.43. The van der Waals surface area contributed by atoms with Gasteiger partial charge in [0.25, 0.3) is 0 Å². The normalized spacial score (nSPS) is 12.9. The average molecular weight is 219 g/mol. The Hall–Kier alpha value is -1.62. The van der Waals surface area contributed by atoms with Crippen LogP contribution in [0.2, 0.25) is 0 Å². The molecule has 1 unspecified atom stereocenters. The summed E-state index contributed by atoms with van der Waals surface area (Å²) in [4.78, 5) is 8.32. The van der Waals surface area contributed by atoms with Gasteiger partial charge in [-0.25, -0.2) is 9.97 Å². The van der Waals surface area contributed by atoms with E-state index >= 15 is 0 Å². The van der Waals surface area contributed by atoms with Crippen LogP contribution >= 0.6 is 0 Å². The van der Waals surface area contributed by atoms with Crippen LogP contribution < -0.4 is 5.32 Å². The van der Waals surface area contributed by atoms with Gasteiger partial charge in [0.15, 0.2) is 0 Å². The zero-order chi connectivity index (χ0) is 11.4. The zero-order valence-electron chi connectivity index (χ0n) is 9.67. The SMILES string of the molecule is CC(NCCn1ccnc1)c1nccn1C. The van der Waals surface area contributed by atoms with E-state index in [0.717, 1.165) is 18.9 Å². The quantitative estimate of drug-likeness (QED) is 0.815. The molecule has 0 bridgehead atoms. The van der Waals surface area contributed by atoms with Crippen LogP contribution in [0.15, 0.2) is 31.1 Å². The van der Waals surface area contributed by atoms with Gasteiger partial charge in [0, 0.05) is 44.9 Å². The molecule has 2 aromatic rings. The van der Waals surface area contributed by atoms with Crippen LogP contribution in [-0.4, -0.2) is 25.6 Å². The molecule has 1 atom stereocenters. The fraction of sp³-hybridized carbons (Fsp3) is 0.455. The molecular weight excluding hydrogens is 202 g/mol. The first-order valence-corrected chi connectivity index (χ1v) is 5.43. The van der Waals surface area contributed by atoms with Crippen molar-refractivity contribution in [3.05, 3.63) is 36.9 Å². The number of nitrogens with zero attached hydrogens (tertiary/aromatic N) is 4. The minimum Gasteiger partial charge on any atom is -0.337 e. The van der Waals surface area contributed by atoms with Crippen LogP contribution in [0.3, 0.4) is 0 Å². The van der Waals surface area contributed by atoms with Crippen LogP contribution in [0.1, 0.15) is 18.8 Å². The zero-order valence-corrected chi connectivity index (χ0v) is 9.67. The molecule has 2 aromatic heterocycles. The van der Waals surface area contributed by atoms with Gasteiger partial charge in [0.05, 0.1) is 12.4 Å². The van der Waals surface area contributed by atoms with E-state index in [1.54, 1.807) is 6.20 Å². The number of hydrogen-bond donors (Lipinski definition) is 1. The van der Waals surface area contributed by atoms with Gasteiger partial charge in [-0.2, -0.15) is 0 Å². The van der Waals surface area contributed by atoms with Crippen LogP contribution in [0, 0.1) is 0 Å². The highest BCUT2D eigenvalue weighted by Crippen LogP contribution is 2.07. The van der Waals surface area contributed by atoms with Crippen molar-refractivity contribution in [1.29, 1.82) is 0 Å². The summed E-state index contributed by atoms with van der Waals surface area (Å²) in [5.74, 6) is 1.06. The largest absolute Gasteiger partial charge is 0.337 e. The van der Waals surface area contributed by atoms with Crippen molar-refractivity contribution in [2.75, 3.05) is 6.54 Å². The van der Waals surface area contributed by atoms with E-state index < -0.39 is 0 Å². The molecule has 0 spiro atoms. The number of imidazole rings is 2. The summed E-state index contributed by atoms with van der Waals surface area (Å²) in [6, 6.07) is 0.267. The number of rotatable bonds is 5. The molecule has 2 rings (SSSR count). The number of hydrogen-bond acceptors (Lipinski definition) is 3. The molecule has 5 heteroatoms. The van der Waals surface area contributed by atoms with E-state index in [1.165, 1.54) is 0 Å². The third-order valence-corrected chi connectivity index (χ3v) is 2.63. The lowest BCUT2D eigenvalue weighted by atomic mass is 10.3. The molecule has 5 nitrogen and oxygen atoms in total. The van der Waals surface area contributed by atoms with Crippen LogP contribution in [0.25, 0.3) is 0 Å². The Morgan fingerprint density at radius 3 is 2.88 bits per heavy atom. The monoisotopic (exact) mass is 219 g/mol. The smallest absolute Gasteiger partial charge is 0.125 e. The minimum absolute atomic E-state index is 0.267. The van der Waals surface area contributed by atoms with Gasteiger partial charge >= 0.3 is 0 Å². The first-order chi connectivity index (χ1) is 7.77. The van der Waals surface area contributed by atoms with Gasteiger partial charge in [-0.1, -0.05) is 0 Å². The van der Waals surface area contributed by atoms with Gasteiger partial charge in [-0.15, -0.1) is 0 Å². The Morgan fingerprint density at radius 2 is 2.25 bits per heavy atom. The molecule has 86 valence electrons. The van der Waals surface area contributed by atoms with Crippen LogP contribution in [-0.2, 0) is 13.6 Å². The summed E-state index contributed by atoms with van der Waals surface area (Å²) in [5.41, 5.74) is 0. The van der Waals surface area contributed by atoms with E-state index in [1.807, 2.05) is 36.5 Å². The van der Waals surface area contributed by atoms with Gasteiger partial charge in [0.2, 0.25) is 0 Å². The lowest BCUT2D eigenvalue weighted by Crippen LogP contribution is -2.25. The van der Waals surface area contributed by atoms with Gasteiger partial charge < -0.3 is 14.5 Å². The molecule has 0 aliphatic rings. The minimum atomic E-state index is 0.267. The maximum atomic E-state index is 4.31. The fourth-order valence-electron chi connectivity index (χ4n) is 1.71. The predicted octanol–water partition coefficient (Wildman–Crippen LogP) is 0.967. The molecule has 0 fully saturated rings. The predicted molar refractivity (Wildman–Crippen MR) is 61.9 cm³/mol. The summed E-state index contributed by atoms with van der Waals surface area (Å²) in [7, 11) is 2.01. The molecule has 0 saturated carbocycles. The first kappa shape index (κ1) is 10.9. The second-order valence-electron chi connectivity index (χ2n) is 3.87. The standard InChI is InChI=1S/C11H17N5/c1-10(11-14-4-6-15(11)2)13-5-8-16-7-3-12-9-16/h3-4,6-7,9-10,13H,5,8H2,1-2H3. The highest BCUT2D eigenvalue weighted by Gasteiger charge is 2.08. The van der Waals surface area contributed by atoms with Gasteiger partial charge in [-0.3, -0.25) is 0 Å². The van der Waals surface area contributed by atoms with Crippen molar-refractivity contribution < 1.29 is 0 Å². The molecule has 0 aliphatic carbocycles. The summed E-state index contributed by atoms with van der Waals surface area (Å²) >= 11 is 0. The number of aromatic nitrogens is 4. The second-order valence-corrected chi connectivity index (χ2v) is 3.87. The molecule has 2 heterocycles. The summed E-state index contributed by atoms with van der Waals surface area (Å²) < 4.78 is 4.09. The Kier molecular flexibility index (Phi) is 3.36. The lowest BCUT2D eigenvalue weighted by Gasteiger charge is -2.13. The van der Waals surface area contributed by atoms with Crippen molar-refractivity contribution in [2.24, 2.45) is 7.05 Å². The topological polar surface area (TPSA) is 47.7 Å². The molecule has 0 radical (unpaired) electrons. The third-order valence-electron chi connectivity index (χ3n) is 2.63.